The van der Waals surface area contributed by atoms with E-state index in [2.05, 4.69) is 113 Å². The molecule has 156 valence electrons. The Morgan fingerprint density at radius 2 is 1.33 bits per heavy atom. The summed E-state index contributed by atoms with van der Waals surface area (Å²) in [5, 5.41) is 4.18. The number of imidazole rings is 1. The van der Waals surface area contributed by atoms with Crippen LogP contribution in [0.4, 0.5) is 0 Å². The summed E-state index contributed by atoms with van der Waals surface area (Å²) in [6.45, 7) is 3.29. The molecule has 0 spiro atoms. The first-order valence-electron chi connectivity index (χ1n) is 11.8. The van der Waals surface area contributed by atoms with Gasteiger partial charge in [-0.15, -0.1) is 0 Å². The summed E-state index contributed by atoms with van der Waals surface area (Å²) in [6, 6.07) is 36.0. The lowest BCUT2D eigenvalue weighted by Gasteiger charge is -2.36. The van der Waals surface area contributed by atoms with Crippen LogP contribution in [0.5, 0.6) is 0 Å². The van der Waals surface area contributed by atoms with Gasteiger partial charge in [-0.1, -0.05) is 97.1 Å². The molecule has 2 heteroatoms. The Morgan fingerprint density at radius 1 is 0.697 bits per heavy atom. The van der Waals surface area contributed by atoms with Gasteiger partial charge in [-0.05, 0) is 17.5 Å². The van der Waals surface area contributed by atoms with Crippen molar-refractivity contribution in [2.24, 2.45) is 0 Å². The molecule has 0 unspecified atom stereocenters. The van der Waals surface area contributed by atoms with Gasteiger partial charge in [0.25, 0.3) is 5.65 Å². The highest BCUT2D eigenvalue weighted by molar-refractivity contribution is 6.12. The van der Waals surface area contributed by atoms with Crippen molar-refractivity contribution < 1.29 is 4.40 Å². The van der Waals surface area contributed by atoms with E-state index in [1.165, 1.54) is 61.0 Å². The summed E-state index contributed by atoms with van der Waals surface area (Å²) in [5.74, 6) is 0. The van der Waals surface area contributed by atoms with Crippen LogP contribution in [-0.2, 0) is 18.4 Å². The zero-order chi connectivity index (χ0) is 21.7. The second-order valence-corrected chi connectivity index (χ2v) is 9.65. The van der Waals surface area contributed by atoms with Crippen molar-refractivity contribution in [3.8, 4) is 0 Å². The number of nitrogens with zero attached hydrogens (tertiary/aromatic N) is 2. The average molecular weight is 424 g/mol. The molecule has 0 fully saturated rings. The molecule has 2 aliphatic heterocycles. The van der Waals surface area contributed by atoms with E-state index in [4.69, 9.17) is 0 Å². The van der Waals surface area contributed by atoms with Crippen molar-refractivity contribution in [2.75, 3.05) is 0 Å². The topological polar surface area (TPSA) is 9.03 Å². The van der Waals surface area contributed by atoms with Crippen molar-refractivity contribution >= 4 is 27.3 Å². The summed E-state index contributed by atoms with van der Waals surface area (Å²) in [5.41, 5.74) is 10.9. The molecule has 0 atom stereocenters. The highest BCUT2D eigenvalue weighted by atomic mass is 15.2. The van der Waals surface area contributed by atoms with Crippen molar-refractivity contribution in [3.05, 3.63) is 131 Å². The van der Waals surface area contributed by atoms with Gasteiger partial charge in [-0.25, -0.2) is 4.57 Å². The maximum Gasteiger partial charge on any atom is 0.295 e. The Labute approximate surface area is 192 Å². The Hall–Kier alpha value is -3.91. The minimum atomic E-state index is -0.234. The van der Waals surface area contributed by atoms with Gasteiger partial charge < -0.3 is 0 Å². The van der Waals surface area contributed by atoms with E-state index >= 15 is 0 Å². The lowest BCUT2D eigenvalue weighted by atomic mass is 9.66. The zero-order valence-corrected chi connectivity index (χ0v) is 18.5. The summed E-state index contributed by atoms with van der Waals surface area (Å²) in [6.07, 6.45) is 0.962. The molecular weight excluding hydrogens is 400 g/mol. The summed E-state index contributed by atoms with van der Waals surface area (Å²) >= 11 is 0. The van der Waals surface area contributed by atoms with Gasteiger partial charge >= 0.3 is 0 Å². The van der Waals surface area contributed by atoms with E-state index in [0.717, 1.165) is 13.0 Å². The molecular formula is C31H23N2+. The third-order valence-electron chi connectivity index (χ3n) is 8.17. The lowest BCUT2D eigenvalue weighted by molar-refractivity contribution is -0.496. The smallest absolute Gasteiger partial charge is 0.222 e. The molecule has 4 aromatic carbocycles. The van der Waals surface area contributed by atoms with Crippen LogP contribution in [0.15, 0.2) is 97.1 Å². The molecule has 0 amide bonds. The molecule has 0 saturated heterocycles. The number of fused-ring (bicyclic) bond motifs is 1. The standard InChI is InChI=1S/C31H23N2/c1-20-29-31(23-12-4-2-5-13-23,24-14-6-3-7-15-24)18-21-10-8-17-26-25-16-9-11-22-19-32(20)30(27(22)25)33(29)28(21)26/h2-17H,18-19H2,1H3/q+1. The monoisotopic (exact) mass is 423 g/mol. The fraction of sp³-hybridized carbons (Fsp3) is 0.129. The first-order valence-corrected chi connectivity index (χ1v) is 11.8. The van der Waals surface area contributed by atoms with E-state index in [-0.39, 0.29) is 5.41 Å². The van der Waals surface area contributed by atoms with Gasteiger partial charge in [0, 0.05) is 28.8 Å². The maximum atomic E-state index is 2.63. The molecule has 0 bridgehead atoms. The van der Waals surface area contributed by atoms with Gasteiger partial charge in [-0.3, -0.25) is 0 Å². The Kier molecular flexibility index (Phi) is 3.15. The van der Waals surface area contributed by atoms with Crippen LogP contribution in [0.3, 0.4) is 0 Å². The van der Waals surface area contributed by atoms with Gasteiger partial charge in [0.05, 0.1) is 10.8 Å². The fourth-order valence-corrected chi connectivity index (χ4v) is 6.90. The number of hydrogen-bond donors (Lipinski definition) is 0. The second kappa shape index (κ2) is 5.90. The van der Waals surface area contributed by atoms with Crippen LogP contribution >= 0.6 is 0 Å². The van der Waals surface area contributed by atoms with E-state index in [9.17, 15) is 0 Å². The van der Waals surface area contributed by atoms with Crippen molar-refractivity contribution in [1.82, 2.24) is 4.57 Å². The van der Waals surface area contributed by atoms with Crippen LogP contribution in [0.1, 0.15) is 33.6 Å². The quantitative estimate of drug-likeness (QED) is 0.235. The van der Waals surface area contributed by atoms with Crippen molar-refractivity contribution in [2.45, 2.75) is 25.3 Å². The van der Waals surface area contributed by atoms with Crippen LogP contribution < -0.4 is 4.40 Å². The largest absolute Gasteiger partial charge is 0.295 e. The van der Waals surface area contributed by atoms with Crippen LogP contribution in [0, 0.1) is 6.92 Å². The molecule has 8 rings (SSSR count). The Morgan fingerprint density at radius 3 is 2.03 bits per heavy atom. The minimum absolute atomic E-state index is 0.234. The normalized spacial score (nSPS) is 15.4. The van der Waals surface area contributed by atoms with Gasteiger partial charge in [0.2, 0.25) is 0 Å². The van der Waals surface area contributed by atoms with E-state index in [1.54, 1.807) is 0 Å². The molecule has 0 saturated carbocycles. The van der Waals surface area contributed by atoms with Crippen molar-refractivity contribution in [3.63, 3.8) is 0 Å². The number of aromatic nitrogens is 2. The highest BCUT2D eigenvalue weighted by Crippen LogP contribution is 2.48. The number of hydrogen-bond acceptors (Lipinski definition) is 0. The van der Waals surface area contributed by atoms with E-state index in [0.29, 0.717) is 0 Å². The number of pyridine rings is 1. The van der Waals surface area contributed by atoms with Crippen LogP contribution in [0.2, 0.25) is 0 Å². The van der Waals surface area contributed by atoms with Gasteiger partial charge in [0.15, 0.2) is 5.69 Å². The van der Waals surface area contributed by atoms with E-state index in [1.807, 2.05) is 0 Å². The zero-order valence-electron chi connectivity index (χ0n) is 18.5. The highest BCUT2D eigenvalue weighted by Gasteiger charge is 2.50. The molecule has 4 heterocycles. The maximum absolute atomic E-state index is 2.63. The minimum Gasteiger partial charge on any atom is -0.222 e. The predicted molar refractivity (Wildman–Crippen MR) is 133 cm³/mol. The third kappa shape index (κ3) is 1.95. The summed E-state index contributed by atoms with van der Waals surface area (Å²) in [4.78, 5) is 0. The van der Waals surface area contributed by atoms with Gasteiger partial charge in [-0.2, -0.15) is 4.40 Å². The molecule has 6 aromatic rings. The molecule has 33 heavy (non-hydrogen) atoms. The Balaban J connectivity index is 1.67. The lowest BCUT2D eigenvalue weighted by Crippen LogP contribution is -2.46. The van der Waals surface area contributed by atoms with Crippen LogP contribution in [0.25, 0.3) is 27.3 Å². The average Bonchev–Trinajstić information content (AvgIpc) is 3.40. The first kappa shape index (κ1) is 17.6. The molecule has 2 aliphatic rings. The van der Waals surface area contributed by atoms with E-state index < -0.39 is 0 Å². The second-order valence-electron chi connectivity index (χ2n) is 9.65. The first-order chi connectivity index (χ1) is 16.3. The summed E-state index contributed by atoms with van der Waals surface area (Å²) in [7, 11) is 0. The predicted octanol–water partition coefficient (Wildman–Crippen LogP) is 6.09. The molecule has 0 radical (unpaired) electrons. The van der Waals surface area contributed by atoms with Crippen LogP contribution in [-0.4, -0.2) is 4.57 Å². The summed E-state index contributed by atoms with van der Waals surface area (Å²) < 4.78 is 5.19. The molecule has 2 aromatic heterocycles. The fourth-order valence-electron chi connectivity index (χ4n) is 6.90. The SMILES string of the molecule is Cc1c2[n+]3c4c(cccc4c4cccc5c4c3n1C5)CC2(c1ccccc1)c1ccccc1. The number of rotatable bonds is 2. The molecule has 0 N–H and O–H groups in total. The third-order valence-corrected chi connectivity index (χ3v) is 8.17. The molecule has 2 nitrogen and oxygen atoms in total. The van der Waals surface area contributed by atoms with Gasteiger partial charge in [0.1, 0.15) is 17.8 Å². The number of para-hydroxylation sites is 1. The van der Waals surface area contributed by atoms with Crippen molar-refractivity contribution in [1.29, 1.82) is 0 Å². The molecule has 0 aliphatic carbocycles. The Bertz CT molecular complexity index is 1720. The number of benzene rings is 4.